The number of hydrogen-bond donors (Lipinski definition) is 2. The van der Waals surface area contributed by atoms with Crippen molar-refractivity contribution in [3.63, 3.8) is 0 Å². The van der Waals surface area contributed by atoms with Crippen molar-refractivity contribution in [3.05, 3.63) is 34.9 Å². The van der Waals surface area contributed by atoms with Gasteiger partial charge in [-0.05, 0) is 31.0 Å². The van der Waals surface area contributed by atoms with E-state index in [1.54, 1.807) is 13.0 Å². The molecule has 0 aromatic heterocycles. The number of nitrogens with one attached hydrogen (secondary N) is 1. The zero-order chi connectivity index (χ0) is 12.9. The summed E-state index contributed by atoms with van der Waals surface area (Å²) in [6, 6.07) is 7.41. The van der Waals surface area contributed by atoms with Crippen LogP contribution in [0.3, 0.4) is 0 Å². The second-order valence-corrected chi connectivity index (χ2v) is 4.92. The highest BCUT2D eigenvalue weighted by molar-refractivity contribution is 6.30. The van der Waals surface area contributed by atoms with Gasteiger partial charge in [0, 0.05) is 11.6 Å². The molecule has 1 aromatic carbocycles. The second kappa shape index (κ2) is 7.62. The Labute approximate surface area is 119 Å². The van der Waals surface area contributed by atoms with Crippen molar-refractivity contribution in [1.82, 2.24) is 5.32 Å². The van der Waals surface area contributed by atoms with Gasteiger partial charge in [0.1, 0.15) is 0 Å². The number of halogens is 2. The number of amides is 1. The van der Waals surface area contributed by atoms with Crippen LogP contribution >= 0.6 is 24.0 Å². The number of carbonyl (C=O) groups is 1. The third-order valence-electron chi connectivity index (χ3n) is 2.63. The Balaban J connectivity index is 0.00000289. The summed E-state index contributed by atoms with van der Waals surface area (Å²) in [5, 5.41) is 3.50. The van der Waals surface area contributed by atoms with Gasteiger partial charge in [0.05, 0.1) is 5.54 Å². The van der Waals surface area contributed by atoms with Crippen molar-refractivity contribution < 1.29 is 4.79 Å². The van der Waals surface area contributed by atoms with Crippen LogP contribution in [0.4, 0.5) is 0 Å². The molecular formula is C13H20Cl2N2O. The van der Waals surface area contributed by atoms with E-state index in [0.29, 0.717) is 18.0 Å². The van der Waals surface area contributed by atoms with Crippen LogP contribution in [-0.4, -0.2) is 11.4 Å². The predicted octanol–water partition coefficient (Wildman–Crippen LogP) is 2.90. The van der Waals surface area contributed by atoms with Gasteiger partial charge in [-0.2, -0.15) is 0 Å². The third-order valence-corrected chi connectivity index (χ3v) is 2.87. The fraction of sp³-hybridized carbons (Fsp3) is 0.462. The van der Waals surface area contributed by atoms with Gasteiger partial charge in [-0.25, -0.2) is 0 Å². The van der Waals surface area contributed by atoms with Gasteiger partial charge < -0.3 is 11.1 Å². The van der Waals surface area contributed by atoms with Crippen LogP contribution in [0.5, 0.6) is 0 Å². The normalized spacial score (nSPS) is 13.3. The molecule has 0 fully saturated rings. The van der Waals surface area contributed by atoms with E-state index in [1.807, 2.05) is 25.1 Å². The largest absolute Gasteiger partial charge is 0.350 e. The van der Waals surface area contributed by atoms with Crippen molar-refractivity contribution in [1.29, 1.82) is 0 Å². The number of nitrogens with two attached hydrogens (primary N) is 1. The summed E-state index contributed by atoms with van der Waals surface area (Å²) in [7, 11) is 0. The fourth-order valence-electron chi connectivity index (χ4n) is 1.66. The first-order valence-corrected chi connectivity index (χ1v) is 6.15. The third kappa shape index (κ3) is 5.25. The Morgan fingerprint density at radius 3 is 2.72 bits per heavy atom. The van der Waals surface area contributed by atoms with Crippen molar-refractivity contribution >= 4 is 29.9 Å². The Kier molecular flexibility index (Phi) is 7.29. The van der Waals surface area contributed by atoms with Crippen molar-refractivity contribution in [2.24, 2.45) is 5.73 Å². The second-order valence-electron chi connectivity index (χ2n) is 4.48. The van der Waals surface area contributed by atoms with E-state index in [0.717, 1.165) is 12.0 Å². The van der Waals surface area contributed by atoms with E-state index in [-0.39, 0.29) is 18.3 Å². The van der Waals surface area contributed by atoms with Gasteiger partial charge in [-0.3, -0.25) is 4.79 Å². The molecule has 1 amide bonds. The molecule has 5 heteroatoms. The average molecular weight is 291 g/mol. The Morgan fingerprint density at radius 1 is 1.50 bits per heavy atom. The lowest BCUT2D eigenvalue weighted by molar-refractivity contribution is -0.126. The van der Waals surface area contributed by atoms with Crippen LogP contribution in [0, 0.1) is 0 Å². The molecule has 0 aliphatic rings. The van der Waals surface area contributed by atoms with Gasteiger partial charge in [0.2, 0.25) is 5.91 Å². The van der Waals surface area contributed by atoms with Gasteiger partial charge in [-0.1, -0.05) is 37.1 Å². The van der Waals surface area contributed by atoms with E-state index < -0.39 is 5.54 Å². The number of carbonyl (C=O) groups excluding carboxylic acids is 1. The highest BCUT2D eigenvalue weighted by atomic mass is 35.5. The van der Waals surface area contributed by atoms with Crippen molar-refractivity contribution in [2.45, 2.75) is 38.8 Å². The van der Waals surface area contributed by atoms with Gasteiger partial charge in [0.25, 0.3) is 0 Å². The summed E-state index contributed by atoms with van der Waals surface area (Å²) in [6.45, 7) is 4.22. The maximum atomic E-state index is 11.8. The van der Waals surface area contributed by atoms with Gasteiger partial charge in [-0.15, -0.1) is 12.4 Å². The first-order valence-electron chi connectivity index (χ1n) is 5.77. The first-order chi connectivity index (χ1) is 7.95. The van der Waals surface area contributed by atoms with E-state index in [9.17, 15) is 4.79 Å². The highest BCUT2D eigenvalue weighted by Gasteiger charge is 2.26. The first kappa shape index (κ1) is 17.2. The summed E-state index contributed by atoms with van der Waals surface area (Å²) in [5.41, 5.74) is 6.10. The molecule has 1 unspecified atom stereocenters. The molecule has 102 valence electrons. The van der Waals surface area contributed by atoms with E-state index in [1.165, 1.54) is 0 Å². The maximum Gasteiger partial charge on any atom is 0.240 e. The minimum atomic E-state index is -0.798. The molecule has 0 radical (unpaired) electrons. The predicted molar refractivity (Wildman–Crippen MR) is 78.0 cm³/mol. The number of benzene rings is 1. The molecule has 18 heavy (non-hydrogen) atoms. The molecule has 0 saturated heterocycles. The molecule has 0 spiro atoms. The minimum absolute atomic E-state index is 0. The molecule has 0 aliphatic heterocycles. The maximum absolute atomic E-state index is 11.8. The Morgan fingerprint density at radius 2 is 2.17 bits per heavy atom. The summed E-state index contributed by atoms with van der Waals surface area (Å²) >= 11 is 5.86. The van der Waals surface area contributed by atoms with Gasteiger partial charge in [0.15, 0.2) is 0 Å². The van der Waals surface area contributed by atoms with Crippen LogP contribution in [0.1, 0.15) is 32.3 Å². The van der Waals surface area contributed by atoms with Crippen LogP contribution in [0.2, 0.25) is 5.02 Å². The Bertz CT molecular complexity index is 394. The van der Waals surface area contributed by atoms with Crippen LogP contribution < -0.4 is 11.1 Å². The van der Waals surface area contributed by atoms with Crippen LogP contribution in [-0.2, 0) is 11.3 Å². The van der Waals surface area contributed by atoms with Crippen molar-refractivity contribution in [2.75, 3.05) is 0 Å². The summed E-state index contributed by atoms with van der Waals surface area (Å²) in [5.74, 6) is -0.126. The SMILES string of the molecule is CCCC(C)(N)C(=O)NCc1cccc(Cl)c1.Cl. The summed E-state index contributed by atoms with van der Waals surface area (Å²) < 4.78 is 0. The molecular weight excluding hydrogens is 271 g/mol. The smallest absolute Gasteiger partial charge is 0.240 e. The van der Waals surface area contributed by atoms with Crippen LogP contribution in [0.25, 0.3) is 0 Å². The van der Waals surface area contributed by atoms with Crippen LogP contribution in [0.15, 0.2) is 24.3 Å². The molecule has 0 saturated carbocycles. The molecule has 1 rings (SSSR count). The molecule has 1 atom stereocenters. The molecule has 3 nitrogen and oxygen atoms in total. The highest BCUT2D eigenvalue weighted by Crippen LogP contribution is 2.12. The zero-order valence-electron chi connectivity index (χ0n) is 10.7. The molecule has 3 N–H and O–H groups in total. The quantitative estimate of drug-likeness (QED) is 0.876. The monoisotopic (exact) mass is 290 g/mol. The lowest BCUT2D eigenvalue weighted by Gasteiger charge is -2.22. The fourth-order valence-corrected chi connectivity index (χ4v) is 1.88. The Hall–Kier alpha value is -0.770. The van der Waals surface area contributed by atoms with E-state index >= 15 is 0 Å². The van der Waals surface area contributed by atoms with Gasteiger partial charge >= 0.3 is 0 Å². The molecule has 0 aliphatic carbocycles. The van der Waals surface area contributed by atoms with Crippen molar-refractivity contribution in [3.8, 4) is 0 Å². The average Bonchev–Trinajstić information content (AvgIpc) is 2.26. The van der Waals surface area contributed by atoms with E-state index in [2.05, 4.69) is 5.32 Å². The summed E-state index contributed by atoms with van der Waals surface area (Å²) in [6.07, 6.45) is 1.56. The lowest BCUT2D eigenvalue weighted by atomic mass is 9.96. The molecule has 0 bridgehead atoms. The minimum Gasteiger partial charge on any atom is -0.350 e. The molecule has 0 heterocycles. The lowest BCUT2D eigenvalue weighted by Crippen LogP contribution is -2.51. The van der Waals surface area contributed by atoms with E-state index in [4.69, 9.17) is 17.3 Å². The number of rotatable bonds is 5. The zero-order valence-corrected chi connectivity index (χ0v) is 12.3. The molecule has 1 aromatic rings. The standard InChI is InChI=1S/C13H19ClN2O.ClH/c1-3-7-13(2,15)12(17)16-9-10-5-4-6-11(14)8-10;/h4-6,8H,3,7,9,15H2,1-2H3,(H,16,17);1H. The number of hydrogen-bond acceptors (Lipinski definition) is 2. The topological polar surface area (TPSA) is 55.1 Å². The summed E-state index contributed by atoms with van der Waals surface area (Å²) in [4.78, 5) is 11.8.